The fraction of sp³-hybridized carbons (Fsp3) is 0.182. The first kappa shape index (κ1) is 27.1. The quantitative estimate of drug-likeness (QED) is 0.138. The average Bonchev–Trinajstić information content (AvgIpc) is 3.51. The van der Waals surface area contributed by atoms with Gasteiger partial charge in [0.15, 0.2) is 12.2 Å². The van der Waals surface area contributed by atoms with Gasteiger partial charge >= 0.3 is 11.9 Å². The van der Waals surface area contributed by atoms with Crippen molar-refractivity contribution in [1.82, 2.24) is 5.06 Å². The van der Waals surface area contributed by atoms with E-state index < -0.39 is 36.0 Å². The fourth-order valence-corrected chi connectivity index (χ4v) is 5.48. The van der Waals surface area contributed by atoms with Crippen molar-refractivity contribution in [3.8, 4) is 23.0 Å². The Balaban J connectivity index is 1.20. The first-order chi connectivity index (χ1) is 21.3. The topological polar surface area (TPSA) is 122 Å². The molecule has 1 atom stereocenters. The average molecular weight is 593 g/mol. The Kier molecular flexibility index (Phi) is 6.50. The zero-order chi connectivity index (χ0) is 30.4. The third-order valence-electron chi connectivity index (χ3n) is 7.58. The molecule has 0 saturated carbocycles. The molecule has 4 heterocycles. The summed E-state index contributed by atoms with van der Waals surface area (Å²) in [5.41, 5.74) is 1.91. The summed E-state index contributed by atoms with van der Waals surface area (Å²) in [6.45, 7) is -0.263. The molecular weight excluding hydrogens is 568 g/mol. The van der Waals surface area contributed by atoms with Gasteiger partial charge in [0.05, 0.1) is 18.4 Å². The summed E-state index contributed by atoms with van der Waals surface area (Å²) >= 11 is 0. The lowest BCUT2D eigenvalue weighted by atomic mass is 9.77. The lowest BCUT2D eigenvalue weighted by Gasteiger charge is -2.36. The number of aromatic nitrogens is 1. The second-order valence-corrected chi connectivity index (χ2v) is 10.4. The molecule has 2 amide bonds. The lowest BCUT2D eigenvalue weighted by molar-refractivity contribution is -0.675. The first-order valence-electron chi connectivity index (χ1n) is 13.8. The van der Waals surface area contributed by atoms with Crippen LogP contribution in [0.2, 0.25) is 0 Å². The van der Waals surface area contributed by atoms with Crippen molar-refractivity contribution in [3.63, 3.8) is 0 Å². The van der Waals surface area contributed by atoms with Crippen LogP contribution in [0.15, 0.2) is 79.0 Å². The standard InChI is InChI=1S/C33H24N2O9/c1-34-14-12-20(13-15-34)18-40-21-6-8-25-27(16-21)42-28-17-22(41-19-31(38)44-35-29(36)10-11-30(35)37)7-9-26(28)33(25)24-5-3-2-4-23(24)32(39)43-33/h2-9,12-14,16-17H,10-11,18-19H2,1H3. The van der Waals surface area contributed by atoms with Crippen LogP contribution in [0.25, 0.3) is 0 Å². The third-order valence-corrected chi connectivity index (χ3v) is 7.58. The minimum absolute atomic E-state index is 0.0114. The molecule has 44 heavy (non-hydrogen) atoms. The first-order valence-corrected chi connectivity index (χ1v) is 13.8. The SMILES string of the molecule is C[n+]1[c-]cc(COc2ccc3c(c2)Oc2cc(OCC(=O)ON4C(=O)CCC4=O)ccc2C32OC(=O)c3ccccc32)cc1. The van der Waals surface area contributed by atoms with Gasteiger partial charge in [-0.05, 0) is 30.3 Å². The van der Waals surface area contributed by atoms with Crippen LogP contribution in [0.5, 0.6) is 23.0 Å². The van der Waals surface area contributed by atoms with Crippen molar-refractivity contribution in [1.29, 1.82) is 0 Å². The van der Waals surface area contributed by atoms with Crippen LogP contribution < -0.4 is 18.8 Å². The van der Waals surface area contributed by atoms with Crippen molar-refractivity contribution in [2.45, 2.75) is 25.0 Å². The zero-order valence-corrected chi connectivity index (χ0v) is 23.4. The van der Waals surface area contributed by atoms with Crippen LogP contribution in [0, 0.1) is 6.20 Å². The summed E-state index contributed by atoms with van der Waals surface area (Å²) in [5, 5.41) is 0.462. The van der Waals surface area contributed by atoms with Gasteiger partial charge < -0.3 is 28.4 Å². The second kappa shape index (κ2) is 10.5. The van der Waals surface area contributed by atoms with E-state index in [0.717, 1.165) is 5.56 Å². The van der Waals surface area contributed by atoms with Gasteiger partial charge in [-0.1, -0.05) is 18.2 Å². The molecule has 1 aromatic heterocycles. The van der Waals surface area contributed by atoms with E-state index in [2.05, 4.69) is 6.20 Å². The summed E-state index contributed by atoms with van der Waals surface area (Å²) in [5.74, 6) is -1.03. The van der Waals surface area contributed by atoms with E-state index in [1.165, 1.54) is 0 Å². The maximum Gasteiger partial charge on any atom is 0.370 e. The molecule has 11 nitrogen and oxygen atoms in total. The molecule has 11 heteroatoms. The molecule has 0 N–H and O–H groups in total. The number of amides is 2. The largest absolute Gasteiger partial charge is 0.501 e. The number of carbonyl (C=O) groups excluding carboxylic acids is 4. The Bertz CT molecular complexity index is 1840. The van der Waals surface area contributed by atoms with Crippen LogP contribution in [0.1, 0.15) is 45.5 Å². The molecule has 0 aliphatic carbocycles. The number of hydrogen-bond donors (Lipinski definition) is 0. The van der Waals surface area contributed by atoms with Gasteiger partial charge in [-0.3, -0.25) is 9.59 Å². The van der Waals surface area contributed by atoms with E-state index in [1.54, 1.807) is 42.5 Å². The molecule has 1 unspecified atom stereocenters. The van der Waals surface area contributed by atoms with Crippen molar-refractivity contribution < 1.29 is 47.5 Å². The van der Waals surface area contributed by atoms with Crippen LogP contribution >= 0.6 is 0 Å². The molecule has 220 valence electrons. The van der Waals surface area contributed by atoms with Gasteiger partial charge in [-0.2, -0.15) is 0 Å². The predicted molar refractivity (Wildman–Crippen MR) is 148 cm³/mol. The number of ether oxygens (including phenoxy) is 4. The second-order valence-electron chi connectivity index (χ2n) is 10.4. The van der Waals surface area contributed by atoms with Gasteiger partial charge in [-0.25, -0.2) is 9.59 Å². The van der Waals surface area contributed by atoms with Gasteiger partial charge in [0, 0.05) is 41.7 Å². The Morgan fingerprint density at radius 2 is 1.59 bits per heavy atom. The van der Waals surface area contributed by atoms with Gasteiger partial charge in [0.1, 0.15) is 36.2 Å². The van der Waals surface area contributed by atoms with Crippen LogP contribution in [0.4, 0.5) is 0 Å². The van der Waals surface area contributed by atoms with E-state index in [4.69, 9.17) is 23.8 Å². The minimum Gasteiger partial charge on any atom is -0.501 e. The van der Waals surface area contributed by atoms with E-state index >= 15 is 0 Å². The number of aryl methyl sites for hydroxylation is 1. The number of esters is 1. The lowest BCUT2D eigenvalue weighted by Crippen LogP contribution is -2.34. The van der Waals surface area contributed by atoms with Crippen molar-refractivity contribution in [2.24, 2.45) is 7.05 Å². The minimum atomic E-state index is -1.30. The smallest absolute Gasteiger partial charge is 0.370 e. The summed E-state index contributed by atoms with van der Waals surface area (Å²) in [4.78, 5) is 53.8. The Morgan fingerprint density at radius 3 is 2.27 bits per heavy atom. The number of hydroxylamine groups is 2. The van der Waals surface area contributed by atoms with E-state index in [0.29, 0.717) is 51.2 Å². The van der Waals surface area contributed by atoms with E-state index in [-0.39, 0.29) is 18.6 Å². The fourth-order valence-electron chi connectivity index (χ4n) is 5.48. The van der Waals surface area contributed by atoms with Gasteiger partial charge in [-0.15, -0.1) is 22.8 Å². The summed E-state index contributed by atoms with van der Waals surface area (Å²) < 4.78 is 26.0. The molecule has 1 spiro atoms. The summed E-state index contributed by atoms with van der Waals surface area (Å²) in [6.07, 6.45) is 4.94. The summed E-state index contributed by atoms with van der Waals surface area (Å²) in [7, 11) is 1.88. The highest BCUT2D eigenvalue weighted by Crippen LogP contribution is 2.57. The van der Waals surface area contributed by atoms with Crippen LogP contribution in [-0.2, 0) is 43.2 Å². The van der Waals surface area contributed by atoms with Crippen molar-refractivity contribution >= 4 is 23.8 Å². The number of fused-ring (bicyclic) bond motifs is 6. The maximum atomic E-state index is 13.1. The number of benzene rings is 3. The third kappa shape index (κ3) is 4.58. The maximum absolute atomic E-state index is 13.1. The molecule has 3 aliphatic rings. The Hall–Kier alpha value is -5.71. The van der Waals surface area contributed by atoms with E-state index in [9.17, 15) is 19.2 Å². The summed E-state index contributed by atoms with van der Waals surface area (Å²) in [6, 6.07) is 21.2. The zero-order valence-electron chi connectivity index (χ0n) is 23.4. The number of hydrogen-bond acceptors (Lipinski definition) is 9. The molecule has 0 radical (unpaired) electrons. The number of imide groups is 1. The predicted octanol–water partition coefficient (Wildman–Crippen LogP) is 3.44. The Labute approximate surface area is 251 Å². The van der Waals surface area contributed by atoms with Crippen molar-refractivity contribution in [2.75, 3.05) is 6.61 Å². The highest BCUT2D eigenvalue weighted by atomic mass is 16.7. The number of rotatable bonds is 7. The monoisotopic (exact) mass is 592 g/mol. The Morgan fingerprint density at radius 1 is 0.909 bits per heavy atom. The molecule has 4 aromatic rings. The number of nitrogens with zero attached hydrogens (tertiary/aromatic N) is 2. The van der Waals surface area contributed by atoms with Crippen molar-refractivity contribution in [3.05, 3.63) is 113 Å². The van der Waals surface area contributed by atoms with Crippen LogP contribution in [-0.4, -0.2) is 35.4 Å². The van der Waals surface area contributed by atoms with Gasteiger partial charge in [0.25, 0.3) is 11.8 Å². The van der Waals surface area contributed by atoms with Gasteiger partial charge in [0.2, 0.25) is 0 Å². The van der Waals surface area contributed by atoms with E-state index in [1.807, 2.05) is 48.1 Å². The molecule has 1 fully saturated rings. The molecule has 0 bridgehead atoms. The normalized spacial score (nSPS) is 17.8. The van der Waals surface area contributed by atoms with Crippen LogP contribution in [0.3, 0.4) is 0 Å². The molecule has 1 saturated heterocycles. The molecular formula is C33H24N2O9. The molecule has 3 aliphatic heterocycles. The highest BCUT2D eigenvalue weighted by Gasteiger charge is 2.53. The number of pyridine rings is 1. The molecule has 3 aromatic carbocycles. The number of carbonyl (C=O) groups is 4. The highest BCUT2D eigenvalue weighted by molar-refractivity contribution is 6.01. The molecule has 7 rings (SSSR count).